The Morgan fingerprint density at radius 3 is 2.76 bits per heavy atom. The average Bonchev–Trinajstić information content (AvgIpc) is 3.46. The van der Waals surface area contributed by atoms with E-state index in [1.54, 1.807) is 18.3 Å². The molecule has 1 aliphatic heterocycles. The molecule has 0 aliphatic carbocycles. The summed E-state index contributed by atoms with van der Waals surface area (Å²) in [6.45, 7) is 4.51. The lowest BCUT2D eigenvalue weighted by atomic mass is 10.0. The Bertz CT molecular complexity index is 1120. The fourth-order valence-electron chi connectivity index (χ4n) is 3.60. The van der Waals surface area contributed by atoms with E-state index in [9.17, 15) is 14.0 Å². The smallest absolute Gasteiger partial charge is 0.414 e. The number of amides is 2. The van der Waals surface area contributed by atoms with Gasteiger partial charge in [0.15, 0.2) is 0 Å². The van der Waals surface area contributed by atoms with Gasteiger partial charge < -0.3 is 15.4 Å². The molecule has 3 aromatic rings. The van der Waals surface area contributed by atoms with Crippen LogP contribution in [0.5, 0.6) is 0 Å². The maximum atomic E-state index is 14.9. The van der Waals surface area contributed by atoms with Crippen LogP contribution in [-0.4, -0.2) is 46.6 Å². The molecule has 4 rings (SSSR count). The minimum absolute atomic E-state index is 0.0692. The van der Waals surface area contributed by atoms with Crippen molar-refractivity contribution in [1.29, 1.82) is 0 Å². The highest BCUT2D eigenvalue weighted by atomic mass is 19.1. The Balaban J connectivity index is 1.39. The molecule has 1 aromatic heterocycles. The van der Waals surface area contributed by atoms with E-state index < -0.39 is 18.0 Å². The van der Waals surface area contributed by atoms with E-state index in [1.807, 2.05) is 31.2 Å². The first-order valence-corrected chi connectivity index (χ1v) is 10.6. The number of anilines is 1. The Hall–Kier alpha value is -3.79. The quantitative estimate of drug-likeness (QED) is 0.485. The van der Waals surface area contributed by atoms with Gasteiger partial charge in [0.25, 0.3) is 0 Å². The van der Waals surface area contributed by atoms with Gasteiger partial charge in [0.1, 0.15) is 11.9 Å². The first kappa shape index (κ1) is 22.4. The van der Waals surface area contributed by atoms with Crippen molar-refractivity contribution in [3.63, 3.8) is 0 Å². The standard InChI is InChI=1S/C23H25FN6O3/c1-14(22-12-27-29-28-22)25-10-16-3-5-17(6-4-16)20-8-7-18(9-21(20)24)30-13-19(33-23(30)32)11-26-15(2)31/h3-9,12,14,19,25H,10-11,13H2,1-2H3,(H,26,31)(H,27,28,29)/t14-,19+/m1/s1. The van der Waals surface area contributed by atoms with Gasteiger partial charge in [-0.2, -0.15) is 0 Å². The van der Waals surface area contributed by atoms with Gasteiger partial charge in [-0.25, -0.2) is 9.18 Å². The molecule has 172 valence electrons. The highest BCUT2D eigenvalue weighted by Gasteiger charge is 2.32. The number of halogens is 1. The molecular formula is C23H25FN6O3. The van der Waals surface area contributed by atoms with Crippen molar-refractivity contribution in [3.8, 4) is 11.1 Å². The topological polar surface area (TPSA) is 112 Å². The Morgan fingerprint density at radius 1 is 1.30 bits per heavy atom. The van der Waals surface area contributed by atoms with E-state index in [1.165, 1.54) is 17.9 Å². The van der Waals surface area contributed by atoms with Crippen LogP contribution in [0.2, 0.25) is 0 Å². The van der Waals surface area contributed by atoms with Crippen molar-refractivity contribution < 1.29 is 18.7 Å². The summed E-state index contributed by atoms with van der Waals surface area (Å²) < 4.78 is 20.2. The van der Waals surface area contributed by atoms with Crippen LogP contribution in [-0.2, 0) is 16.1 Å². The minimum Gasteiger partial charge on any atom is -0.442 e. The maximum Gasteiger partial charge on any atom is 0.414 e. The molecule has 0 bridgehead atoms. The number of cyclic esters (lactones) is 1. The molecule has 1 aliphatic rings. The van der Waals surface area contributed by atoms with Crippen molar-refractivity contribution in [2.24, 2.45) is 0 Å². The van der Waals surface area contributed by atoms with Crippen LogP contribution in [0.25, 0.3) is 11.1 Å². The van der Waals surface area contributed by atoms with Crippen LogP contribution < -0.4 is 15.5 Å². The number of carbonyl (C=O) groups excluding carboxylic acids is 2. The van der Waals surface area contributed by atoms with Gasteiger partial charge in [-0.3, -0.25) is 14.8 Å². The predicted molar refractivity (Wildman–Crippen MR) is 120 cm³/mol. The number of carbonyl (C=O) groups is 2. The zero-order chi connectivity index (χ0) is 23.4. The molecule has 3 N–H and O–H groups in total. The normalized spacial score (nSPS) is 16.5. The highest BCUT2D eigenvalue weighted by Crippen LogP contribution is 2.29. The van der Waals surface area contributed by atoms with Crippen molar-refractivity contribution in [2.75, 3.05) is 18.0 Å². The molecule has 0 saturated carbocycles. The number of rotatable bonds is 8. The molecule has 10 heteroatoms. The van der Waals surface area contributed by atoms with Crippen molar-refractivity contribution in [3.05, 3.63) is 65.7 Å². The molecular weight excluding hydrogens is 427 g/mol. The zero-order valence-electron chi connectivity index (χ0n) is 18.3. The molecule has 9 nitrogen and oxygen atoms in total. The van der Waals surface area contributed by atoms with Gasteiger partial charge in [-0.1, -0.05) is 29.5 Å². The first-order valence-electron chi connectivity index (χ1n) is 10.6. The molecule has 2 aromatic carbocycles. The number of hydrogen-bond acceptors (Lipinski definition) is 6. The number of aromatic nitrogens is 3. The minimum atomic E-state index is -0.561. The van der Waals surface area contributed by atoms with Crippen LogP contribution in [0.15, 0.2) is 48.7 Å². The van der Waals surface area contributed by atoms with Gasteiger partial charge in [0, 0.05) is 25.1 Å². The van der Waals surface area contributed by atoms with Crippen LogP contribution in [0.4, 0.5) is 14.9 Å². The molecule has 0 unspecified atom stereocenters. The van der Waals surface area contributed by atoms with E-state index in [4.69, 9.17) is 4.74 Å². The van der Waals surface area contributed by atoms with E-state index >= 15 is 0 Å². The van der Waals surface area contributed by atoms with E-state index in [0.717, 1.165) is 16.8 Å². The Kier molecular flexibility index (Phi) is 6.64. The maximum absolute atomic E-state index is 14.9. The summed E-state index contributed by atoms with van der Waals surface area (Å²) in [7, 11) is 0. The molecule has 0 spiro atoms. The number of nitrogens with zero attached hydrogens (tertiary/aromatic N) is 3. The molecule has 0 radical (unpaired) electrons. The van der Waals surface area contributed by atoms with Crippen molar-refractivity contribution in [2.45, 2.75) is 32.5 Å². The van der Waals surface area contributed by atoms with Crippen molar-refractivity contribution >= 4 is 17.7 Å². The highest BCUT2D eigenvalue weighted by molar-refractivity contribution is 5.90. The Labute approximate surface area is 190 Å². The number of benzene rings is 2. The SMILES string of the molecule is CC(=O)NC[C@H]1CN(c2ccc(-c3ccc(CN[C@H](C)c4cnn[nH]4)cc3)c(F)c2)C(=O)O1. The largest absolute Gasteiger partial charge is 0.442 e. The average molecular weight is 452 g/mol. The summed E-state index contributed by atoms with van der Waals surface area (Å²) in [6.07, 6.45) is 0.644. The third-order valence-corrected chi connectivity index (χ3v) is 5.49. The molecule has 1 saturated heterocycles. The zero-order valence-corrected chi connectivity index (χ0v) is 18.3. The predicted octanol–water partition coefficient (Wildman–Crippen LogP) is 2.92. The molecule has 2 heterocycles. The van der Waals surface area contributed by atoms with Crippen LogP contribution in [0.3, 0.4) is 0 Å². The summed E-state index contributed by atoms with van der Waals surface area (Å²) >= 11 is 0. The van der Waals surface area contributed by atoms with Gasteiger partial charge in [-0.05, 0) is 36.2 Å². The molecule has 2 amide bonds. The number of hydrogen-bond donors (Lipinski definition) is 3. The van der Waals surface area contributed by atoms with Gasteiger partial charge in [0.05, 0.1) is 30.7 Å². The third-order valence-electron chi connectivity index (χ3n) is 5.49. The summed E-state index contributed by atoms with van der Waals surface area (Å²) in [5, 5.41) is 16.3. The Morgan fingerprint density at radius 2 is 2.09 bits per heavy atom. The first-order chi connectivity index (χ1) is 15.9. The second kappa shape index (κ2) is 9.78. The number of aromatic amines is 1. The lowest BCUT2D eigenvalue weighted by Gasteiger charge is -2.15. The summed E-state index contributed by atoms with van der Waals surface area (Å²) in [5.74, 6) is -0.636. The number of ether oxygens (including phenoxy) is 1. The molecule has 1 fully saturated rings. The van der Waals surface area contributed by atoms with Crippen LogP contribution in [0.1, 0.15) is 31.1 Å². The lowest BCUT2D eigenvalue weighted by Crippen LogP contribution is -2.33. The summed E-state index contributed by atoms with van der Waals surface area (Å²) in [5.41, 5.74) is 3.55. The fraction of sp³-hybridized carbons (Fsp3) is 0.304. The summed E-state index contributed by atoms with van der Waals surface area (Å²) in [4.78, 5) is 24.6. The lowest BCUT2D eigenvalue weighted by molar-refractivity contribution is -0.119. The molecule has 33 heavy (non-hydrogen) atoms. The van der Waals surface area contributed by atoms with Gasteiger partial charge in [-0.15, -0.1) is 5.10 Å². The summed E-state index contributed by atoms with van der Waals surface area (Å²) in [6, 6.07) is 12.4. The number of H-pyrrole nitrogens is 1. The monoisotopic (exact) mass is 452 g/mol. The van der Waals surface area contributed by atoms with Crippen LogP contribution in [0, 0.1) is 5.82 Å². The van der Waals surface area contributed by atoms with Crippen LogP contribution >= 0.6 is 0 Å². The van der Waals surface area contributed by atoms with E-state index in [2.05, 4.69) is 26.0 Å². The number of nitrogens with one attached hydrogen (secondary N) is 3. The van der Waals surface area contributed by atoms with Gasteiger partial charge >= 0.3 is 6.09 Å². The van der Waals surface area contributed by atoms with E-state index in [0.29, 0.717) is 17.8 Å². The third kappa shape index (κ3) is 5.35. The second-order valence-corrected chi connectivity index (χ2v) is 7.93. The van der Waals surface area contributed by atoms with E-state index in [-0.39, 0.29) is 25.0 Å². The van der Waals surface area contributed by atoms with Crippen molar-refractivity contribution in [1.82, 2.24) is 26.0 Å². The second-order valence-electron chi connectivity index (χ2n) is 7.93. The fourth-order valence-corrected chi connectivity index (χ4v) is 3.60. The molecule has 2 atom stereocenters. The van der Waals surface area contributed by atoms with Gasteiger partial charge in [0.2, 0.25) is 5.91 Å².